The number of anilines is 1. The van der Waals surface area contributed by atoms with E-state index < -0.39 is 0 Å². The van der Waals surface area contributed by atoms with E-state index in [4.69, 9.17) is 10.5 Å². The van der Waals surface area contributed by atoms with Crippen molar-refractivity contribution in [3.63, 3.8) is 0 Å². The summed E-state index contributed by atoms with van der Waals surface area (Å²) in [6.45, 7) is 2.05. The summed E-state index contributed by atoms with van der Waals surface area (Å²) < 4.78 is 5.63. The molecule has 0 aromatic heterocycles. The molecule has 0 bridgehead atoms. The maximum atomic E-state index is 5.63. The molecular weight excluding hydrogens is 222 g/mol. The minimum atomic E-state index is 0. The highest BCUT2D eigenvalue weighted by molar-refractivity contribution is 5.43. The van der Waals surface area contributed by atoms with Gasteiger partial charge in [-0.15, -0.1) is 0 Å². The summed E-state index contributed by atoms with van der Waals surface area (Å²) in [6.07, 6.45) is 0. The first kappa shape index (κ1) is 12.4. The molecule has 0 spiro atoms. The summed E-state index contributed by atoms with van der Waals surface area (Å²) in [5.41, 5.74) is 7.55. The number of ether oxygens (including phenoxy) is 1. The van der Waals surface area contributed by atoms with Gasteiger partial charge in [0.2, 0.25) is 0 Å². The summed E-state index contributed by atoms with van der Waals surface area (Å²) in [5.74, 6) is 1.64. The Balaban J connectivity index is 0.00000128. The number of nitrogens with two attached hydrogens (primary N) is 1. The molecule has 0 radical (unpaired) electrons. The fourth-order valence-corrected chi connectivity index (χ4v) is 1.28. The Bertz CT molecular complexity index is 393. The number of benzene rings is 2. The molecule has 2 rings (SSSR count). The lowest BCUT2D eigenvalue weighted by molar-refractivity contribution is -0.00000362. The van der Waals surface area contributed by atoms with Gasteiger partial charge in [0.25, 0.3) is 0 Å². The normalized spacial score (nSPS) is 9.31. The van der Waals surface area contributed by atoms with Gasteiger partial charge in [0, 0.05) is 5.69 Å². The van der Waals surface area contributed by atoms with Crippen molar-refractivity contribution in [2.45, 2.75) is 6.92 Å². The van der Waals surface area contributed by atoms with E-state index in [0.29, 0.717) is 0 Å². The molecule has 0 aliphatic rings. The van der Waals surface area contributed by atoms with E-state index in [0.717, 1.165) is 17.2 Å². The van der Waals surface area contributed by atoms with Gasteiger partial charge in [0.15, 0.2) is 0 Å². The van der Waals surface area contributed by atoms with Crippen molar-refractivity contribution in [3.8, 4) is 11.5 Å². The monoisotopic (exact) mass is 234 g/mol. The highest BCUT2D eigenvalue weighted by atomic mass is 35.5. The second kappa shape index (κ2) is 5.42. The maximum absolute atomic E-state index is 5.63. The molecule has 0 saturated heterocycles. The Labute approximate surface area is 101 Å². The van der Waals surface area contributed by atoms with Crippen molar-refractivity contribution in [1.29, 1.82) is 0 Å². The Morgan fingerprint density at radius 2 is 1.25 bits per heavy atom. The summed E-state index contributed by atoms with van der Waals surface area (Å²) in [4.78, 5) is 0. The first-order valence-electron chi connectivity index (χ1n) is 4.84. The van der Waals surface area contributed by atoms with E-state index in [-0.39, 0.29) is 12.4 Å². The lowest BCUT2D eigenvalue weighted by Crippen LogP contribution is -3.00. The number of hydrogen-bond acceptors (Lipinski definition) is 2. The molecule has 0 unspecified atom stereocenters. The SMILES string of the molecule is Cc1ccc(Oc2ccc(N)cc2)cc1.[Cl-]. The van der Waals surface area contributed by atoms with Gasteiger partial charge in [-0.3, -0.25) is 0 Å². The van der Waals surface area contributed by atoms with Crippen LogP contribution in [0.15, 0.2) is 48.5 Å². The smallest absolute Gasteiger partial charge is 0.127 e. The quantitative estimate of drug-likeness (QED) is 0.763. The average Bonchev–Trinajstić information content (AvgIpc) is 2.25. The number of aryl methyl sites for hydroxylation is 1. The van der Waals surface area contributed by atoms with E-state index in [1.54, 1.807) is 0 Å². The molecule has 0 heterocycles. The zero-order valence-electron chi connectivity index (χ0n) is 8.98. The van der Waals surface area contributed by atoms with Crippen LogP contribution in [0.25, 0.3) is 0 Å². The standard InChI is InChI=1S/C13H13NO.ClH/c1-10-2-6-12(7-3-10)15-13-8-4-11(14)5-9-13;/h2-9H,14H2,1H3;1H/p-1. The fourth-order valence-electron chi connectivity index (χ4n) is 1.28. The molecule has 0 amide bonds. The third-order valence-electron chi connectivity index (χ3n) is 2.14. The molecule has 2 nitrogen and oxygen atoms in total. The first-order valence-corrected chi connectivity index (χ1v) is 4.84. The number of halogens is 1. The second-order valence-corrected chi connectivity index (χ2v) is 3.48. The van der Waals surface area contributed by atoms with Gasteiger partial charge in [0.05, 0.1) is 0 Å². The van der Waals surface area contributed by atoms with Gasteiger partial charge in [-0.05, 0) is 43.3 Å². The predicted octanol–water partition coefficient (Wildman–Crippen LogP) is 0.374. The second-order valence-electron chi connectivity index (χ2n) is 3.48. The topological polar surface area (TPSA) is 35.2 Å². The Kier molecular flexibility index (Phi) is 4.20. The lowest BCUT2D eigenvalue weighted by Gasteiger charge is -2.05. The molecule has 2 aromatic carbocycles. The molecule has 16 heavy (non-hydrogen) atoms. The van der Waals surface area contributed by atoms with Crippen LogP contribution < -0.4 is 22.9 Å². The van der Waals surface area contributed by atoms with Crippen LogP contribution in [-0.4, -0.2) is 0 Å². The van der Waals surface area contributed by atoms with Crippen LogP contribution in [-0.2, 0) is 0 Å². The molecule has 2 aromatic rings. The summed E-state index contributed by atoms with van der Waals surface area (Å²) in [5, 5.41) is 0. The molecular formula is C13H13ClNO-. The molecule has 2 N–H and O–H groups in total. The largest absolute Gasteiger partial charge is 1.00 e. The van der Waals surface area contributed by atoms with Gasteiger partial charge in [-0.2, -0.15) is 0 Å². The molecule has 0 aliphatic carbocycles. The third kappa shape index (κ3) is 3.17. The van der Waals surface area contributed by atoms with Gasteiger partial charge in [-0.25, -0.2) is 0 Å². The maximum Gasteiger partial charge on any atom is 0.127 e. The zero-order chi connectivity index (χ0) is 10.7. The van der Waals surface area contributed by atoms with Gasteiger partial charge in [0.1, 0.15) is 11.5 Å². The average molecular weight is 235 g/mol. The number of hydrogen-bond donors (Lipinski definition) is 1. The van der Waals surface area contributed by atoms with Crippen molar-refractivity contribution in [2.24, 2.45) is 0 Å². The molecule has 0 fully saturated rings. The molecule has 0 saturated carbocycles. The summed E-state index contributed by atoms with van der Waals surface area (Å²) in [6, 6.07) is 15.3. The molecule has 0 atom stereocenters. The molecule has 3 heteroatoms. The van der Waals surface area contributed by atoms with Crippen LogP contribution in [0.1, 0.15) is 5.56 Å². The van der Waals surface area contributed by atoms with E-state index in [1.807, 2.05) is 55.5 Å². The Hall–Kier alpha value is -1.67. The van der Waals surface area contributed by atoms with E-state index >= 15 is 0 Å². The van der Waals surface area contributed by atoms with Gasteiger partial charge >= 0.3 is 0 Å². The Morgan fingerprint density at radius 3 is 1.75 bits per heavy atom. The minimum absolute atomic E-state index is 0. The summed E-state index contributed by atoms with van der Waals surface area (Å²) in [7, 11) is 0. The molecule has 84 valence electrons. The highest BCUT2D eigenvalue weighted by Crippen LogP contribution is 2.22. The van der Waals surface area contributed by atoms with Crippen molar-refractivity contribution in [1.82, 2.24) is 0 Å². The van der Waals surface area contributed by atoms with Crippen LogP contribution in [0.3, 0.4) is 0 Å². The number of rotatable bonds is 2. The fraction of sp³-hybridized carbons (Fsp3) is 0.0769. The van der Waals surface area contributed by atoms with E-state index in [9.17, 15) is 0 Å². The predicted molar refractivity (Wildman–Crippen MR) is 62.1 cm³/mol. The minimum Gasteiger partial charge on any atom is -1.00 e. The van der Waals surface area contributed by atoms with Gasteiger partial charge in [-0.1, -0.05) is 17.7 Å². The molecule has 0 aliphatic heterocycles. The zero-order valence-corrected chi connectivity index (χ0v) is 9.74. The first-order chi connectivity index (χ1) is 7.24. The van der Waals surface area contributed by atoms with Crippen LogP contribution in [0, 0.1) is 6.92 Å². The van der Waals surface area contributed by atoms with Gasteiger partial charge < -0.3 is 22.9 Å². The third-order valence-corrected chi connectivity index (χ3v) is 2.14. The Morgan fingerprint density at radius 1 is 0.812 bits per heavy atom. The van der Waals surface area contributed by atoms with E-state index in [2.05, 4.69) is 0 Å². The highest BCUT2D eigenvalue weighted by Gasteiger charge is 1.95. The van der Waals surface area contributed by atoms with Crippen molar-refractivity contribution in [3.05, 3.63) is 54.1 Å². The van der Waals surface area contributed by atoms with E-state index in [1.165, 1.54) is 5.56 Å². The van der Waals surface area contributed by atoms with Crippen molar-refractivity contribution < 1.29 is 17.1 Å². The van der Waals surface area contributed by atoms with Crippen LogP contribution in [0.2, 0.25) is 0 Å². The van der Waals surface area contributed by atoms with Crippen molar-refractivity contribution in [2.75, 3.05) is 5.73 Å². The van der Waals surface area contributed by atoms with Crippen LogP contribution in [0.4, 0.5) is 5.69 Å². The van der Waals surface area contributed by atoms with Crippen molar-refractivity contribution >= 4 is 5.69 Å². The number of nitrogen functional groups attached to an aromatic ring is 1. The summed E-state index contributed by atoms with van der Waals surface area (Å²) >= 11 is 0. The van der Waals surface area contributed by atoms with Crippen LogP contribution >= 0.6 is 0 Å². The lowest BCUT2D eigenvalue weighted by atomic mass is 10.2. The van der Waals surface area contributed by atoms with Crippen LogP contribution in [0.5, 0.6) is 11.5 Å².